The summed E-state index contributed by atoms with van der Waals surface area (Å²) in [6, 6.07) is 16.7. The van der Waals surface area contributed by atoms with Crippen LogP contribution in [-0.4, -0.2) is 54.2 Å². The molecule has 0 bridgehead atoms. The number of aryl methyl sites for hydroxylation is 1. The molecule has 0 saturated heterocycles. The molecule has 0 aliphatic carbocycles. The minimum Gasteiger partial charge on any atom is -0.508 e. The van der Waals surface area contributed by atoms with Crippen LogP contribution in [0.3, 0.4) is 0 Å². The highest BCUT2D eigenvalue weighted by atomic mass is 16.5. The minimum absolute atomic E-state index is 0.0235. The van der Waals surface area contributed by atoms with Crippen LogP contribution in [0.5, 0.6) is 5.75 Å². The first-order valence-corrected chi connectivity index (χ1v) is 10.4. The maximum Gasteiger partial charge on any atom is 0.220 e. The number of carbonyl (C=O) groups is 1. The number of amides is 1. The maximum absolute atomic E-state index is 12.5. The largest absolute Gasteiger partial charge is 0.508 e. The zero-order valence-electron chi connectivity index (χ0n) is 17.8. The summed E-state index contributed by atoms with van der Waals surface area (Å²) in [5.74, 6) is 0.187. The summed E-state index contributed by atoms with van der Waals surface area (Å²) in [6.07, 6.45) is 1.02. The smallest absolute Gasteiger partial charge is 0.220 e. The molecule has 0 heterocycles. The molecule has 0 radical (unpaired) electrons. The number of phenolic OH excluding ortho intramolecular Hbond substituents is 1. The van der Waals surface area contributed by atoms with Gasteiger partial charge in [-0.25, -0.2) is 0 Å². The molecule has 164 valence electrons. The summed E-state index contributed by atoms with van der Waals surface area (Å²) < 4.78 is 11.3. The van der Waals surface area contributed by atoms with Gasteiger partial charge in [0.25, 0.3) is 0 Å². The van der Waals surface area contributed by atoms with Gasteiger partial charge in [0.15, 0.2) is 0 Å². The van der Waals surface area contributed by atoms with E-state index in [9.17, 15) is 15.0 Å². The molecule has 0 aliphatic rings. The predicted octanol–water partition coefficient (Wildman–Crippen LogP) is 2.85. The van der Waals surface area contributed by atoms with Gasteiger partial charge >= 0.3 is 0 Å². The first-order chi connectivity index (χ1) is 14.4. The van der Waals surface area contributed by atoms with Gasteiger partial charge < -0.3 is 25.0 Å². The van der Waals surface area contributed by atoms with Crippen molar-refractivity contribution in [3.63, 3.8) is 0 Å². The van der Waals surface area contributed by atoms with Gasteiger partial charge in [-0.2, -0.15) is 0 Å². The highest BCUT2D eigenvalue weighted by Crippen LogP contribution is 2.12. The molecule has 1 amide bonds. The normalized spacial score (nSPS) is 14.1. The van der Waals surface area contributed by atoms with Crippen LogP contribution in [0, 0.1) is 0 Å². The quantitative estimate of drug-likeness (QED) is 0.468. The van der Waals surface area contributed by atoms with Gasteiger partial charge in [0, 0.05) is 6.42 Å². The van der Waals surface area contributed by atoms with Crippen LogP contribution in [0.15, 0.2) is 54.6 Å². The lowest BCUT2D eigenvalue weighted by Crippen LogP contribution is -2.40. The SMILES string of the molecule is CC(COCC(Cc1ccc(O)cc1)NC(=O)CCc1ccccc1)OC[C@H](C)O. The Morgan fingerprint density at radius 3 is 2.33 bits per heavy atom. The van der Waals surface area contributed by atoms with E-state index in [0.717, 1.165) is 11.1 Å². The standard InChI is InChI=1S/C24H33NO5/c1-18(26)15-30-19(2)16-29-17-22(14-21-8-11-23(27)12-9-21)25-24(28)13-10-20-6-4-3-5-7-20/h3-9,11-12,18-19,22,26-27H,10,13-17H2,1-2H3,(H,25,28)/t18-,19?,22?/m0/s1. The van der Waals surface area contributed by atoms with E-state index in [1.807, 2.05) is 49.4 Å². The Morgan fingerprint density at radius 2 is 1.67 bits per heavy atom. The van der Waals surface area contributed by atoms with Crippen molar-refractivity contribution in [1.29, 1.82) is 0 Å². The van der Waals surface area contributed by atoms with Crippen molar-refractivity contribution in [2.24, 2.45) is 0 Å². The van der Waals surface area contributed by atoms with Crippen molar-refractivity contribution in [2.75, 3.05) is 19.8 Å². The highest BCUT2D eigenvalue weighted by Gasteiger charge is 2.15. The predicted molar refractivity (Wildman–Crippen MR) is 116 cm³/mol. The number of aliphatic hydroxyl groups is 1. The fourth-order valence-electron chi connectivity index (χ4n) is 3.00. The molecule has 2 rings (SSSR count). The summed E-state index contributed by atoms with van der Waals surface area (Å²) in [5, 5.41) is 21.8. The third kappa shape index (κ3) is 9.87. The highest BCUT2D eigenvalue weighted by molar-refractivity contribution is 5.76. The molecule has 6 heteroatoms. The van der Waals surface area contributed by atoms with E-state index in [4.69, 9.17) is 9.47 Å². The van der Waals surface area contributed by atoms with E-state index >= 15 is 0 Å². The third-order valence-electron chi connectivity index (χ3n) is 4.56. The average molecular weight is 416 g/mol. The summed E-state index contributed by atoms with van der Waals surface area (Å²) in [6.45, 7) is 4.54. The van der Waals surface area contributed by atoms with E-state index in [-0.39, 0.29) is 30.4 Å². The summed E-state index contributed by atoms with van der Waals surface area (Å²) in [4.78, 5) is 12.5. The van der Waals surface area contributed by atoms with Crippen LogP contribution in [-0.2, 0) is 27.1 Å². The molecule has 0 spiro atoms. The Hall–Kier alpha value is -2.41. The number of aromatic hydroxyl groups is 1. The van der Waals surface area contributed by atoms with Gasteiger partial charge in [-0.15, -0.1) is 0 Å². The molecule has 0 aromatic heterocycles. The monoisotopic (exact) mass is 415 g/mol. The van der Waals surface area contributed by atoms with E-state index < -0.39 is 6.10 Å². The van der Waals surface area contributed by atoms with E-state index in [1.165, 1.54) is 0 Å². The number of hydrogen-bond donors (Lipinski definition) is 3. The molecule has 0 fully saturated rings. The Balaban J connectivity index is 1.86. The molecule has 6 nitrogen and oxygen atoms in total. The lowest BCUT2D eigenvalue weighted by Gasteiger charge is -2.21. The van der Waals surface area contributed by atoms with Gasteiger partial charge in [-0.3, -0.25) is 4.79 Å². The van der Waals surface area contributed by atoms with Crippen LogP contribution in [0.25, 0.3) is 0 Å². The first-order valence-electron chi connectivity index (χ1n) is 10.4. The van der Waals surface area contributed by atoms with Gasteiger partial charge in [0.1, 0.15) is 5.75 Å². The summed E-state index contributed by atoms with van der Waals surface area (Å²) in [5.41, 5.74) is 2.13. The van der Waals surface area contributed by atoms with Gasteiger partial charge in [-0.05, 0) is 49.9 Å². The molecule has 2 unspecified atom stereocenters. The van der Waals surface area contributed by atoms with E-state index in [1.54, 1.807) is 19.1 Å². The molecule has 0 aliphatic heterocycles. The van der Waals surface area contributed by atoms with Crippen LogP contribution in [0.2, 0.25) is 0 Å². The molecular formula is C24H33NO5. The molecule has 0 saturated carbocycles. The van der Waals surface area contributed by atoms with Crippen molar-refractivity contribution in [3.05, 3.63) is 65.7 Å². The summed E-state index contributed by atoms with van der Waals surface area (Å²) >= 11 is 0. The van der Waals surface area contributed by atoms with E-state index in [0.29, 0.717) is 32.5 Å². The number of hydrogen-bond acceptors (Lipinski definition) is 5. The van der Waals surface area contributed by atoms with Crippen molar-refractivity contribution in [1.82, 2.24) is 5.32 Å². The van der Waals surface area contributed by atoms with E-state index in [2.05, 4.69) is 5.32 Å². The van der Waals surface area contributed by atoms with Gasteiger partial charge in [0.2, 0.25) is 5.91 Å². The number of ether oxygens (including phenoxy) is 2. The number of carbonyl (C=O) groups excluding carboxylic acids is 1. The molecule has 2 aromatic rings. The van der Waals surface area contributed by atoms with Crippen LogP contribution < -0.4 is 5.32 Å². The summed E-state index contributed by atoms with van der Waals surface area (Å²) in [7, 11) is 0. The Kier molecular flexibility index (Phi) is 10.3. The van der Waals surface area contributed by atoms with Crippen molar-refractivity contribution in [2.45, 2.75) is 51.4 Å². The Labute approximate surface area is 178 Å². The molecule has 3 atom stereocenters. The van der Waals surface area contributed by atoms with Gasteiger partial charge in [-0.1, -0.05) is 42.5 Å². The Bertz CT molecular complexity index is 733. The fraction of sp³-hybridized carbons (Fsp3) is 0.458. The van der Waals surface area contributed by atoms with Crippen molar-refractivity contribution < 1.29 is 24.5 Å². The lowest BCUT2D eigenvalue weighted by molar-refractivity contribution is -0.122. The van der Waals surface area contributed by atoms with Crippen LogP contribution >= 0.6 is 0 Å². The zero-order chi connectivity index (χ0) is 21.8. The second-order valence-electron chi connectivity index (χ2n) is 7.65. The molecule has 2 aromatic carbocycles. The number of aliphatic hydroxyl groups excluding tert-OH is 1. The topological polar surface area (TPSA) is 88.0 Å². The third-order valence-corrected chi connectivity index (χ3v) is 4.56. The van der Waals surface area contributed by atoms with Crippen molar-refractivity contribution >= 4 is 5.91 Å². The molecule has 30 heavy (non-hydrogen) atoms. The fourth-order valence-corrected chi connectivity index (χ4v) is 3.00. The second-order valence-corrected chi connectivity index (χ2v) is 7.65. The van der Waals surface area contributed by atoms with Crippen LogP contribution in [0.4, 0.5) is 0 Å². The number of phenols is 1. The van der Waals surface area contributed by atoms with Crippen LogP contribution in [0.1, 0.15) is 31.4 Å². The number of benzene rings is 2. The zero-order valence-corrected chi connectivity index (χ0v) is 17.8. The number of nitrogens with one attached hydrogen (secondary N) is 1. The van der Waals surface area contributed by atoms with Gasteiger partial charge in [0.05, 0.1) is 38.1 Å². The van der Waals surface area contributed by atoms with Crippen molar-refractivity contribution in [3.8, 4) is 5.75 Å². The first kappa shape index (κ1) is 23.9. The minimum atomic E-state index is -0.515. The number of rotatable bonds is 13. The second kappa shape index (κ2) is 13.0. The maximum atomic E-state index is 12.5. The molecular weight excluding hydrogens is 382 g/mol. The average Bonchev–Trinajstić information content (AvgIpc) is 2.73. The molecule has 3 N–H and O–H groups in total. The Morgan fingerprint density at radius 1 is 0.967 bits per heavy atom. The lowest BCUT2D eigenvalue weighted by atomic mass is 10.1.